The molecule has 1 aliphatic heterocycles. The summed E-state index contributed by atoms with van der Waals surface area (Å²) in [5.41, 5.74) is 3.90. The number of carbonyl (C=O) groups is 1. The predicted molar refractivity (Wildman–Crippen MR) is 81.7 cm³/mol. The standard InChI is InChI=1S/C16H25N3O/c1-4-18-16(20)15-10-17-7-8-19(15)11-14-6-5-12(2)9-13(14)3/h5-6,9,15,17H,4,7-8,10-11H2,1-3H3,(H,18,20). The number of likely N-dealkylation sites (N-methyl/N-ethyl adjacent to an activating group) is 1. The van der Waals surface area contributed by atoms with Crippen LogP contribution < -0.4 is 10.6 Å². The molecule has 0 aromatic heterocycles. The van der Waals surface area contributed by atoms with Gasteiger partial charge in [0.2, 0.25) is 5.91 Å². The molecule has 2 rings (SSSR count). The third-order valence-corrected chi connectivity index (χ3v) is 3.88. The third kappa shape index (κ3) is 3.58. The predicted octanol–water partition coefficient (Wildman–Crippen LogP) is 1.21. The van der Waals surface area contributed by atoms with Crippen molar-refractivity contribution >= 4 is 5.91 Å². The first kappa shape index (κ1) is 15.0. The van der Waals surface area contributed by atoms with Crippen molar-refractivity contribution in [3.63, 3.8) is 0 Å². The summed E-state index contributed by atoms with van der Waals surface area (Å²) in [5, 5.41) is 6.25. The number of aryl methyl sites for hydroxylation is 2. The average Bonchev–Trinajstić information content (AvgIpc) is 2.43. The van der Waals surface area contributed by atoms with Crippen LogP contribution in [0.3, 0.4) is 0 Å². The number of carbonyl (C=O) groups excluding carboxylic acids is 1. The minimum atomic E-state index is -0.0654. The van der Waals surface area contributed by atoms with Crippen LogP contribution in [0.15, 0.2) is 18.2 Å². The highest BCUT2D eigenvalue weighted by molar-refractivity contribution is 5.82. The molecule has 0 saturated carbocycles. The molecule has 4 nitrogen and oxygen atoms in total. The topological polar surface area (TPSA) is 44.4 Å². The Hall–Kier alpha value is -1.39. The summed E-state index contributed by atoms with van der Waals surface area (Å²) in [5.74, 6) is 0.129. The van der Waals surface area contributed by atoms with Gasteiger partial charge in [-0.15, -0.1) is 0 Å². The maximum atomic E-state index is 12.1. The van der Waals surface area contributed by atoms with Gasteiger partial charge in [-0.2, -0.15) is 0 Å². The van der Waals surface area contributed by atoms with Gasteiger partial charge >= 0.3 is 0 Å². The molecule has 0 aliphatic carbocycles. The molecule has 1 amide bonds. The first-order valence-electron chi connectivity index (χ1n) is 7.40. The van der Waals surface area contributed by atoms with Gasteiger partial charge in [0.05, 0.1) is 0 Å². The van der Waals surface area contributed by atoms with Crippen LogP contribution >= 0.6 is 0 Å². The van der Waals surface area contributed by atoms with Crippen LogP contribution in [0.4, 0.5) is 0 Å². The van der Waals surface area contributed by atoms with Gasteiger partial charge in [-0.3, -0.25) is 9.69 Å². The largest absolute Gasteiger partial charge is 0.355 e. The Labute approximate surface area is 121 Å². The van der Waals surface area contributed by atoms with Crippen molar-refractivity contribution in [3.8, 4) is 0 Å². The van der Waals surface area contributed by atoms with Crippen LogP contribution in [-0.2, 0) is 11.3 Å². The maximum absolute atomic E-state index is 12.1. The second kappa shape index (κ2) is 6.86. The van der Waals surface area contributed by atoms with Gasteiger partial charge in [0.15, 0.2) is 0 Å². The van der Waals surface area contributed by atoms with E-state index in [1.165, 1.54) is 16.7 Å². The molecule has 1 atom stereocenters. The van der Waals surface area contributed by atoms with Gasteiger partial charge in [0.25, 0.3) is 0 Å². The lowest BCUT2D eigenvalue weighted by Gasteiger charge is -2.35. The van der Waals surface area contributed by atoms with Crippen LogP contribution in [0, 0.1) is 13.8 Å². The van der Waals surface area contributed by atoms with Crippen LogP contribution in [0.1, 0.15) is 23.6 Å². The number of amides is 1. The van der Waals surface area contributed by atoms with Crippen molar-refractivity contribution in [2.75, 3.05) is 26.2 Å². The first-order chi connectivity index (χ1) is 9.61. The van der Waals surface area contributed by atoms with Gasteiger partial charge in [-0.1, -0.05) is 23.8 Å². The lowest BCUT2D eigenvalue weighted by atomic mass is 10.0. The van der Waals surface area contributed by atoms with E-state index in [0.29, 0.717) is 6.54 Å². The molecular weight excluding hydrogens is 250 g/mol. The van der Waals surface area contributed by atoms with E-state index in [0.717, 1.165) is 26.2 Å². The second-order valence-electron chi connectivity index (χ2n) is 5.51. The summed E-state index contributed by atoms with van der Waals surface area (Å²) in [6.07, 6.45) is 0. The Morgan fingerprint density at radius 2 is 2.25 bits per heavy atom. The van der Waals surface area contributed by atoms with Gasteiger partial charge < -0.3 is 10.6 Å². The quantitative estimate of drug-likeness (QED) is 0.868. The molecule has 1 unspecified atom stereocenters. The van der Waals surface area contributed by atoms with Crippen molar-refractivity contribution in [2.24, 2.45) is 0 Å². The summed E-state index contributed by atoms with van der Waals surface area (Å²) in [4.78, 5) is 14.4. The summed E-state index contributed by atoms with van der Waals surface area (Å²) in [6, 6.07) is 6.47. The Morgan fingerprint density at radius 3 is 2.95 bits per heavy atom. The molecule has 1 aliphatic rings. The number of hydrogen-bond acceptors (Lipinski definition) is 3. The number of rotatable bonds is 4. The lowest BCUT2D eigenvalue weighted by Crippen LogP contribution is -2.57. The highest BCUT2D eigenvalue weighted by Gasteiger charge is 2.28. The van der Waals surface area contributed by atoms with E-state index in [4.69, 9.17) is 0 Å². The van der Waals surface area contributed by atoms with Gasteiger partial charge in [-0.25, -0.2) is 0 Å². The zero-order valence-electron chi connectivity index (χ0n) is 12.7. The zero-order chi connectivity index (χ0) is 14.5. The van der Waals surface area contributed by atoms with Crippen LogP contribution in [0.25, 0.3) is 0 Å². The molecule has 20 heavy (non-hydrogen) atoms. The third-order valence-electron chi connectivity index (χ3n) is 3.88. The minimum absolute atomic E-state index is 0.0654. The van der Waals surface area contributed by atoms with Gasteiger partial charge in [-0.05, 0) is 31.9 Å². The highest BCUT2D eigenvalue weighted by Crippen LogP contribution is 2.15. The Bertz CT molecular complexity index is 473. The molecule has 0 spiro atoms. The fraction of sp³-hybridized carbons (Fsp3) is 0.562. The number of hydrogen-bond donors (Lipinski definition) is 2. The minimum Gasteiger partial charge on any atom is -0.355 e. The summed E-state index contributed by atoms with van der Waals surface area (Å²) >= 11 is 0. The van der Waals surface area contributed by atoms with E-state index >= 15 is 0 Å². The normalized spacial score (nSPS) is 19.9. The number of piperazine rings is 1. The van der Waals surface area contributed by atoms with Crippen molar-refractivity contribution in [2.45, 2.75) is 33.4 Å². The summed E-state index contributed by atoms with van der Waals surface area (Å²) in [6.45, 7) is 10.3. The SMILES string of the molecule is CCNC(=O)C1CNCCN1Cc1ccc(C)cc1C. The Morgan fingerprint density at radius 1 is 1.45 bits per heavy atom. The van der Waals surface area contributed by atoms with E-state index in [2.05, 4.69) is 47.6 Å². The van der Waals surface area contributed by atoms with Crippen LogP contribution in [-0.4, -0.2) is 43.0 Å². The fourth-order valence-corrected chi connectivity index (χ4v) is 2.73. The second-order valence-corrected chi connectivity index (χ2v) is 5.51. The Balaban J connectivity index is 2.10. The van der Waals surface area contributed by atoms with E-state index in [9.17, 15) is 4.79 Å². The molecule has 0 radical (unpaired) electrons. The summed E-state index contributed by atoms with van der Waals surface area (Å²) in [7, 11) is 0. The summed E-state index contributed by atoms with van der Waals surface area (Å²) < 4.78 is 0. The molecule has 1 saturated heterocycles. The molecule has 1 aromatic rings. The van der Waals surface area contributed by atoms with E-state index in [-0.39, 0.29) is 11.9 Å². The number of benzene rings is 1. The molecule has 0 bridgehead atoms. The molecule has 1 fully saturated rings. The van der Waals surface area contributed by atoms with Crippen LogP contribution in [0.2, 0.25) is 0 Å². The maximum Gasteiger partial charge on any atom is 0.238 e. The molecule has 1 aromatic carbocycles. The van der Waals surface area contributed by atoms with Crippen molar-refractivity contribution in [1.82, 2.24) is 15.5 Å². The zero-order valence-corrected chi connectivity index (χ0v) is 12.7. The molecular formula is C16H25N3O. The fourth-order valence-electron chi connectivity index (χ4n) is 2.73. The lowest BCUT2D eigenvalue weighted by molar-refractivity contribution is -0.127. The average molecular weight is 275 g/mol. The Kier molecular flexibility index (Phi) is 5.15. The van der Waals surface area contributed by atoms with Gasteiger partial charge in [0, 0.05) is 32.7 Å². The number of nitrogens with zero attached hydrogens (tertiary/aromatic N) is 1. The van der Waals surface area contributed by atoms with E-state index in [1.54, 1.807) is 0 Å². The highest BCUT2D eigenvalue weighted by atomic mass is 16.2. The molecule has 1 heterocycles. The van der Waals surface area contributed by atoms with Crippen molar-refractivity contribution in [1.29, 1.82) is 0 Å². The smallest absolute Gasteiger partial charge is 0.238 e. The van der Waals surface area contributed by atoms with Crippen molar-refractivity contribution in [3.05, 3.63) is 34.9 Å². The van der Waals surface area contributed by atoms with Gasteiger partial charge in [0.1, 0.15) is 6.04 Å². The number of nitrogens with one attached hydrogen (secondary N) is 2. The first-order valence-corrected chi connectivity index (χ1v) is 7.40. The van der Waals surface area contributed by atoms with E-state index < -0.39 is 0 Å². The molecule has 4 heteroatoms. The van der Waals surface area contributed by atoms with E-state index in [1.807, 2.05) is 6.92 Å². The monoisotopic (exact) mass is 275 g/mol. The molecule has 2 N–H and O–H groups in total. The van der Waals surface area contributed by atoms with Crippen molar-refractivity contribution < 1.29 is 4.79 Å². The van der Waals surface area contributed by atoms with Crippen LogP contribution in [0.5, 0.6) is 0 Å². The molecule has 110 valence electrons.